The third kappa shape index (κ3) is 5.64. The minimum absolute atomic E-state index is 0.763. The van der Waals surface area contributed by atoms with Crippen LogP contribution in [0.3, 0.4) is 0 Å². The third-order valence-electron chi connectivity index (χ3n) is 3.84. The Labute approximate surface area is 122 Å². The fourth-order valence-corrected chi connectivity index (χ4v) is 3.52. The van der Waals surface area contributed by atoms with E-state index in [9.17, 15) is 0 Å². The molecule has 1 aromatic rings. The average Bonchev–Trinajstić information content (AvgIpc) is 2.89. The molecule has 1 N–H and O–H groups in total. The zero-order valence-electron chi connectivity index (χ0n) is 12.4. The lowest BCUT2D eigenvalue weighted by molar-refractivity contribution is 0.174. The highest BCUT2D eigenvalue weighted by Gasteiger charge is 2.19. The lowest BCUT2D eigenvalue weighted by Gasteiger charge is -2.33. The molecule has 0 saturated carbocycles. The van der Waals surface area contributed by atoms with Gasteiger partial charge in [-0.1, -0.05) is 19.9 Å². The summed E-state index contributed by atoms with van der Waals surface area (Å²) in [4.78, 5) is 4.19. The van der Waals surface area contributed by atoms with Crippen molar-refractivity contribution in [2.75, 3.05) is 32.7 Å². The molecule has 1 unspecified atom stereocenters. The molecule has 0 aromatic carbocycles. The van der Waals surface area contributed by atoms with Crippen LogP contribution >= 0.6 is 11.3 Å². The largest absolute Gasteiger partial charge is 0.316 e. The summed E-state index contributed by atoms with van der Waals surface area (Å²) < 4.78 is 0. The van der Waals surface area contributed by atoms with E-state index < -0.39 is 0 Å². The Morgan fingerprint density at radius 3 is 3.11 bits per heavy atom. The topological polar surface area (TPSA) is 15.3 Å². The van der Waals surface area contributed by atoms with Gasteiger partial charge in [-0.15, -0.1) is 11.3 Å². The van der Waals surface area contributed by atoms with Gasteiger partial charge in [0.1, 0.15) is 0 Å². The molecule has 0 aliphatic carbocycles. The third-order valence-corrected chi connectivity index (χ3v) is 4.78. The summed E-state index contributed by atoms with van der Waals surface area (Å²) in [6, 6.07) is 4.42. The quantitative estimate of drug-likeness (QED) is 0.825. The van der Waals surface area contributed by atoms with Crippen molar-refractivity contribution in [2.24, 2.45) is 11.8 Å². The number of piperidine rings is 1. The minimum atomic E-state index is 0.763. The molecular weight excluding hydrogens is 252 g/mol. The van der Waals surface area contributed by atoms with Gasteiger partial charge in [-0.2, -0.15) is 0 Å². The van der Waals surface area contributed by atoms with Crippen LogP contribution in [0.1, 0.15) is 31.6 Å². The molecule has 0 radical (unpaired) electrons. The second-order valence-corrected chi connectivity index (χ2v) is 7.22. The van der Waals surface area contributed by atoms with Crippen LogP contribution in [-0.2, 0) is 6.42 Å². The molecule has 1 aliphatic heterocycles. The van der Waals surface area contributed by atoms with E-state index in [4.69, 9.17) is 0 Å². The molecule has 1 aliphatic rings. The van der Waals surface area contributed by atoms with Crippen molar-refractivity contribution in [3.05, 3.63) is 22.4 Å². The highest BCUT2D eigenvalue weighted by atomic mass is 32.1. The minimum Gasteiger partial charge on any atom is -0.316 e. The Bertz CT molecular complexity index is 335. The van der Waals surface area contributed by atoms with E-state index >= 15 is 0 Å². The van der Waals surface area contributed by atoms with Crippen LogP contribution in [0.25, 0.3) is 0 Å². The van der Waals surface area contributed by atoms with Crippen molar-refractivity contribution >= 4 is 11.3 Å². The molecule has 1 fully saturated rings. The molecule has 108 valence electrons. The number of hydrogen-bond acceptors (Lipinski definition) is 3. The molecule has 2 rings (SSSR count). The highest BCUT2D eigenvalue weighted by Crippen LogP contribution is 2.17. The van der Waals surface area contributed by atoms with Crippen LogP contribution < -0.4 is 5.32 Å². The first-order valence-corrected chi connectivity index (χ1v) is 8.57. The van der Waals surface area contributed by atoms with E-state index in [-0.39, 0.29) is 0 Å². The first kappa shape index (κ1) is 15.0. The number of thiophene rings is 1. The van der Waals surface area contributed by atoms with E-state index in [1.54, 1.807) is 0 Å². The van der Waals surface area contributed by atoms with Crippen LogP contribution in [0.4, 0.5) is 0 Å². The molecule has 1 atom stereocenters. The standard InChI is InChI=1S/C16H28N2S/c1-14(2)11-17-12-15-5-3-8-18(13-15)9-7-16-6-4-10-19-16/h4,6,10,14-15,17H,3,5,7-9,11-13H2,1-2H3. The first-order valence-electron chi connectivity index (χ1n) is 7.69. The predicted molar refractivity (Wildman–Crippen MR) is 84.9 cm³/mol. The van der Waals surface area contributed by atoms with Crippen LogP contribution in [0.2, 0.25) is 0 Å². The van der Waals surface area contributed by atoms with E-state index in [0.29, 0.717) is 0 Å². The summed E-state index contributed by atoms with van der Waals surface area (Å²) in [6.07, 6.45) is 4.00. The summed E-state index contributed by atoms with van der Waals surface area (Å²) in [5, 5.41) is 5.80. The van der Waals surface area contributed by atoms with Crippen LogP contribution in [0.5, 0.6) is 0 Å². The molecule has 2 heterocycles. The van der Waals surface area contributed by atoms with Gasteiger partial charge in [-0.05, 0) is 62.2 Å². The fraction of sp³-hybridized carbons (Fsp3) is 0.750. The number of nitrogens with zero attached hydrogens (tertiary/aromatic N) is 1. The molecule has 0 bridgehead atoms. The van der Waals surface area contributed by atoms with Crippen LogP contribution in [-0.4, -0.2) is 37.6 Å². The Morgan fingerprint density at radius 2 is 2.37 bits per heavy atom. The van der Waals surface area contributed by atoms with E-state index in [0.717, 1.165) is 18.4 Å². The molecule has 2 nitrogen and oxygen atoms in total. The second kappa shape index (κ2) is 8.03. The Morgan fingerprint density at radius 1 is 1.47 bits per heavy atom. The maximum absolute atomic E-state index is 3.62. The molecular formula is C16H28N2S. The molecule has 0 amide bonds. The number of likely N-dealkylation sites (tertiary alicyclic amines) is 1. The zero-order chi connectivity index (χ0) is 13.5. The van der Waals surface area contributed by atoms with Crippen molar-refractivity contribution in [3.63, 3.8) is 0 Å². The normalized spacial score (nSPS) is 21.1. The van der Waals surface area contributed by atoms with Crippen molar-refractivity contribution in [3.8, 4) is 0 Å². The molecule has 0 spiro atoms. The van der Waals surface area contributed by atoms with Crippen LogP contribution in [0.15, 0.2) is 17.5 Å². The van der Waals surface area contributed by atoms with E-state index in [2.05, 4.69) is 41.6 Å². The number of rotatable bonds is 7. The van der Waals surface area contributed by atoms with Gasteiger partial charge in [0, 0.05) is 18.0 Å². The van der Waals surface area contributed by atoms with Gasteiger partial charge in [-0.3, -0.25) is 0 Å². The molecule has 3 heteroatoms. The number of nitrogens with one attached hydrogen (secondary N) is 1. The number of hydrogen-bond donors (Lipinski definition) is 1. The van der Waals surface area contributed by atoms with E-state index in [1.807, 2.05) is 11.3 Å². The average molecular weight is 280 g/mol. The fourth-order valence-electron chi connectivity index (χ4n) is 2.82. The van der Waals surface area contributed by atoms with Crippen LogP contribution in [0, 0.1) is 11.8 Å². The van der Waals surface area contributed by atoms with Gasteiger partial charge >= 0.3 is 0 Å². The summed E-state index contributed by atoms with van der Waals surface area (Å²) in [5.74, 6) is 1.62. The van der Waals surface area contributed by atoms with Gasteiger partial charge < -0.3 is 10.2 Å². The van der Waals surface area contributed by atoms with Crippen molar-refractivity contribution in [1.82, 2.24) is 10.2 Å². The second-order valence-electron chi connectivity index (χ2n) is 6.19. The Hall–Kier alpha value is -0.380. The Balaban J connectivity index is 1.65. The zero-order valence-corrected chi connectivity index (χ0v) is 13.2. The van der Waals surface area contributed by atoms with Gasteiger partial charge in [0.25, 0.3) is 0 Å². The first-order chi connectivity index (χ1) is 9.24. The van der Waals surface area contributed by atoms with E-state index in [1.165, 1.54) is 50.3 Å². The van der Waals surface area contributed by atoms with Gasteiger partial charge in [0.2, 0.25) is 0 Å². The maximum Gasteiger partial charge on any atom is 0.00579 e. The molecule has 1 saturated heterocycles. The summed E-state index contributed by atoms with van der Waals surface area (Å²) in [7, 11) is 0. The highest BCUT2D eigenvalue weighted by molar-refractivity contribution is 7.09. The summed E-state index contributed by atoms with van der Waals surface area (Å²) in [6.45, 7) is 10.7. The maximum atomic E-state index is 3.62. The summed E-state index contributed by atoms with van der Waals surface area (Å²) in [5.41, 5.74) is 0. The van der Waals surface area contributed by atoms with Crippen molar-refractivity contribution in [1.29, 1.82) is 0 Å². The lowest BCUT2D eigenvalue weighted by Crippen LogP contribution is -2.41. The summed E-state index contributed by atoms with van der Waals surface area (Å²) >= 11 is 1.89. The monoisotopic (exact) mass is 280 g/mol. The van der Waals surface area contributed by atoms with Crippen molar-refractivity contribution < 1.29 is 0 Å². The van der Waals surface area contributed by atoms with Gasteiger partial charge in [-0.25, -0.2) is 0 Å². The smallest absolute Gasteiger partial charge is 0.00579 e. The predicted octanol–water partition coefficient (Wildman–Crippen LogP) is 3.25. The van der Waals surface area contributed by atoms with Gasteiger partial charge in [0.15, 0.2) is 0 Å². The lowest BCUT2D eigenvalue weighted by atomic mass is 9.97. The molecule has 1 aromatic heterocycles. The Kier molecular flexibility index (Phi) is 6.35. The SMILES string of the molecule is CC(C)CNCC1CCCN(CCc2cccs2)C1. The molecule has 19 heavy (non-hydrogen) atoms. The van der Waals surface area contributed by atoms with Crippen molar-refractivity contribution in [2.45, 2.75) is 33.1 Å². The van der Waals surface area contributed by atoms with Gasteiger partial charge in [0.05, 0.1) is 0 Å².